The number of hydrogen-bond acceptors (Lipinski definition) is 5. The van der Waals surface area contributed by atoms with Crippen LogP contribution < -0.4 is 10.6 Å². The number of pyridine rings is 1. The highest BCUT2D eigenvalue weighted by molar-refractivity contribution is 6.00. The fourth-order valence-electron chi connectivity index (χ4n) is 4.98. The molecule has 0 aliphatic heterocycles. The van der Waals surface area contributed by atoms with Gasteiger partial charge in [-0.2, -0.15) is 10.2 Å². The second kappa shape index (κ2) is 9.04. The minimum absolute atomic E-state index is 0.158. The van der Waals surface area contributed by atoms with Gasteiger partial charge in [-0.3, -0.25) is 24.4 Å². The molecule has 3 heterocycles. The first-order valence-electron chi connectivity index (χ1n) is 12.1. The molecule has 9 heteroatoms. The maximum Gasteiger partial charge on any atom is 0.270 e. The molecule has 0 aromatic carbocycles. The van der Waals surface area contributed by atoms with Crippen LogP contribution in [0.5, 0.6) is 0 Å². The van der Waals surface area contributed by atoms with Crippen LogP contribution in [0.3, 0.4) is 0 Å². The van der Waals surface area contributed by atoms with Gasteiger partial charge in [-0.1, -0.05) is 0 Å². The minimum atomic E-state index is -0.592. The number of amides is 2. The summed E-state index contributed by atoms with van der Waals surface area (Å²) in [5.74, 6) is 0.694. The lowest BCUT2D eigenvalue weighted by atomic mass is 9.88. The third-order valence-corrected chi connectivity index (χ3v) is 6.95. The molecule has 0 radical (unpaired) electrons. The van der Waals surface area contributed by atoms with E-state index < -0.39 is 6.04 Å². The molecule has 5 rings (SSSR count). The van der Waals surface area contributed by atoms with Crippen LogP contribution in [0, 0.1) is 31.6 Å². The van der Waals surface area contributed by atoms with E-state index in [-0.39, 0.29) is 17.7 Å². The van der Waals surface area contributed by atoms with Crippen LogP contribution in [0.25, 0.3) is 11.3 Å². The number of aryl methyl sites for hydroxylation is 3. The highest BCUT2D eigenvalue weighted by Crippen LogP contribution is 2.50. The number of nitrogens with one attached hydrogen (secondary N) is 3. The monoisotopic (exact) mass is 461 g/mol. The van der Waals surface area contributed by atoms with Crippen LogP contribution in [0.4, 0.5) is 5.69 Å². The van der Waals surface area contributed by atoms with Gasteiger partial charge in [0.25, 0.3) is 5.91 Å². The Kier molecular flexibility index (Phi) is 5.93. The first kappa shape index (κ1) is 22.3. The molecule has 2 amide bonds. The summed E-state index contributed by atoms with van der Waals surface area (Å²) in [4.78, 5) is 31.2. The minimum Gasteiger partial charge on any atom is -0.339 e. The standard InChI is InChI=1S/C25H31N7O2/c1-4-32-20(11-12-27-32)24(33)29-23(22(16-5-6-16)17-7-8-17)25(34)28-18-9-10-19(26-13-18)21-14(2)30-31-15(21)3/h9-13,16-17,22-23H,4-8H2,1-3H3,(H,28,34)(H,29,33)(H,30,31)/t23-/m0/s1. The molecule has 2 fully saturated rings. The van der Waals surface area contributed by atoms with Crippen LogP contribution in [-0.2, 0) is 11.3 Å². The van der Waals surface area contributed by atoms with Gasteiger partial charge in [0, 0.05) is 24.0 Å². The smallest absolute Gasteiger partial charge is 0.270 e. The summed E-state index contributed by atoms with van der Waals surface area (Å²) in [7, 11) is 0. The quantitative estimate of drug-likeness (QED) is 0.451. The van der Waals surface area contributed by atoms with Gasteiger partial charge in [-0.15, -0.1) is 0 Å². The highest BCUT2D eigenvalue weighted by Gasteiger charge is 2.48. The van der Waals surface area contributed by atoms with E-state index in [2.05, 4.69) is 30.9 Å². The van der Waals surface area contributed by atoms with Crippen molar-refractivity contribution in [3.63, 3.8) is 0 Å². The molecule has 3 aromatic heterocycles. The molecular formula is C25H31N7O2. The van der Waals surface area contributed by atoms with Gasteiger partial charge in [0.2, 0.25) is 5.91 Å². The number of H-pyrrole nitrogens is 1. The Morgan fingerprint density at radius 1 is 1.15 bits per heavy atom. The molecule has 0 spiro atoms. The fourth-order valence-corrected chi connectivity index (χ4v) is 4.98. The van der Waals surface area contributed by atoms with Crippen molar-refractivity contribution < 1.29 is 9.59 Å². The topological polar surface area (TPSA) is 118 Å². The van der Waals surface area contributed by atoms with Crippen molar-refractivity contribution in [3.8, 4) is 11.3 Å². The second-order valence-corrected chi connectivity index (χ2v) is 9.47. The average molecular weight is 462 g/mol. The van der Waals surface area contributed by atoms with Crippen molar-refractivity contribution in [2.24, 2.45) is 17.8 Å². The molecule has 2 aliphatic rings. The maximum atomic E-state index is 13.5. The van der Waals surface area contributed by atoms with Gasteiger partial charge in [-0.05, 0) is 82.4 Å². The van der Waals surface area contributed by atoms with Crippen molar-refractivity contribution in [2.75, 3.05) is 5.32 Å². The largest absolute Gasteiger partial charge is 0.339 e. The summed E-state index contributed by atoms with van der Waals surface area (Å²) >= 11 is 0. The van der Waals surface area contributed by atoms with E-state index in [0.717, 1.165) is 48.3 Å². The van der Waals surface area contributed by atoms with Crippen molar-refractivity contribution in [2.45, 2.75) is 59.0 Å². The summed E-state index contributed by atoms with van der Waals surface area (Å²) in [5.41, 5.74) is 4.68. The zero-order valence-corrected chi connectivity index (χ0v) is 19.8. The van der Waals surface area contributed by atoms with Gasteiger partial charge < -0.3 is 10.6 Å². The Labute approximate surface area is 198 Å². The molecule has 1 atom stereocenters. The zero-order valence-electron chi connectivity index (χ0n) is 19.8. The van der Waals surface area contributed by atoms with Crippen LogP contribution >= 0.6 is 0 Å². The number of aromatic amines is 1. The maximum absolute atomic E-state index is 13.5. The molecule has 34 heavy (non-hydrogen) atoms. The van der Waals surface area contributed by atoms with E-state index in [1.165, 1.54) is 0 Å². The van der Waals surface area contributed by atoms with Crippen LogP contribution in [0.2, 0.25) is 0 Å². The Morgan fingerprint density at radius 3 is 2.44 bits per heavy atom. The molecule has 9 nitrogen and oxygen atoms in total. The normalized spacial score (nSPS) is 16.5. The van der Waals surface area contributed by atoms with Crippen molar-refractivity contribution in [1.82, 2.24) is 30.3 Å². The fraction of sp³-hybridized carbons (Fsp3) is 0.480. The number of aromatic nitrogens is 5. The molecule has 2 saturated carbocycles. The third-order valence-electron chi connectivity index (χ3n) is 6.95. The summed E-state index contributed by atoms with van der Waals surface area (Å²) in [6, 6.07) is 4.83. The lowest BCUT2D eigenvalue weighted by Crippen LogP contribution is -2.50. The molecule has 2 aliphatic carbocycles. The van der Waals surface area contributed by atoms with E-state index in [9.17, 15) is 9.59 Å². The van der Waals surface area contributed by atoms with Crippen molar-refractivity contribution in [3.05, 3.63) is 47.7 Å². The van der Waals surface area contributed by atoms with E-state index in [1.807, 2.05) is 32.9 Å². The van der Waals surface area contributed by atoms with E-state index >= 15 is 0 Å². The van der Waals surface area contributed by atoms with E-state index in [0.29, 0.717) is 29.8 Å². The Balaban J connectivity index is 1.35. The highest BCUT2D eigenvalue weighted by atomic mass is 16.2. The Hall–Kier alpha value is -3.49. The predicted octanol–water partition coefficient (Wildman–Crippen LogP) is 3.48. The lowest BCUT2D eigenvalue weighted by Gasteiger charge is -2.27. The number of anilines is 1. The molecule has 0 unspecified atom stereocenters. The van der Waals surface area contributed by atoms with Gasteiger partial charge in [-0.25, -0.2) is 0 Å². The summed E-state index contributed by atoms with van der Waals surface area (Å²) in [6.45, 7) is 6.42. The first-order chi connectivity index (χ1) is 16.5. The Bertz CT molecular complexity index is 1160. The SMILES string of the molecule is CCn1nccc1C(=O)N[C@H](C(=O)Nc1ccc(-c2c(C)n[nH]c2C)nc1)C(C1CC1)C1CC1. The molecule has 0 bridgehead atoms. The van der Waals surface area contributed by atoms with Gasteiger partial charge in [0.1, 0.15) is 11.7 Å². The van der Waals surface area contributed by atoms with Crippen LogP contribution in [0.15, 0.2) is 30.6 Å². The van der Waals surface area contributed by atoms with Crippen LogP contribution in [-0.4, -0.2) is 42.8 Å². The number of carbonyl (C=O) groups excluding carboxylic acids is 2. The first-order valence-corrected chi connectivity index (χ1v) is 12.1. The van der Waals surface area contributed by atoms with Crippen molar-refractivity contribution in [1.29, 1.82) is 0 Å². The average Bonchev–Trinajstić information content (AvgIpc) is 3.76. The summed E-state index contributed by atoms with van der Waals surface area (Å²) < 4.78 is 1.65. The molecular weight excluding hydrogens is 430 g/mol. The number of carbonyl (C=O) groups is 2. The third kappa shape index (κ3) is 4.47. The summed E-state index contributed by atoms with van der Waals surface area (Å²) in [5, 5.41) is 17.5. The van der Waals surface area contributed by atoms with Crippen molar-refractivity contribution >= 4 is 17.5 Å². The lowest BCUT2D eigenvalue weighted by molar-refractivity contribution is -0.119. The molecule has 0 saturated heterocycles. The van der Waals surface area contributed by atoms with Gasteiger partial charge in [0.05, 0.1) is 23.3 Å². The number of hydrogen-bond donors (Lipinski definition) is 3. The molecule has 3 aromatic rings. The predicted molar refractivity (Wildman–Crippen MR) is 128 cm³/mol. The molecule has 178 valence electrons. The van der Waals surface area contributed by atoms with Gasteiger partial charge >= 0.3 is 0 Å². The molecule has 3 N–H and O–H groups in total. The number of nitrogens with zero attached hydrogens (tertiary/aromatic N) is 4. The van der Waals surface area contributed by atoms with Gasteiger partial charge in [0.15, 0.2) is 0 Å². The second-order valence-electron chi connectivity index (χ2n) is 9.47. The van der Waals surface area contributed by atoms with E-state index in [4.69, 9.17) is 0 Å². The zero-order chi connectivity index (χ0) is 23.8. The van der Waals surface area contributed by atoms with E-state index in [1.54, 1.807) is 23.1 Å². The summed E-state index contributed by atoms with van der Waals surface area (Å²) in [6.07, 6.45) is 7.75. The Morgan fingerprint density at radius 2 is 1.88 bits per heavy atom. The number of rotatable bonds is 9. The van der Waals surface area contributed by atoms with Crippen LogP contribution in [0.1, 0.15) is 54.5 Å².